The number of fused-ring (bicyclic) bond motifs is 2. The summed E-state index contributed by atoms with van der Waals surface area (Å²) in [6, 6.07) is 7.90. The van der Waals surface area contributed by atoms with Crippen molar-refractivity contribution in [2.45, 2.75) is 22.4 Å². The summed E-state index contributed by atoms with van der Waals surface area (Å²) >= 11 is 3.38. The maximum atomic E-state index is 6.18. The third-order valence-corrected chi connectivity index (χ3v) is 6.77. The molecule has 0 aromatic heterocycles. The standard InChI is InChI=1S/C20H22O6S2/c1-21-11-5-7-13-19(25-15(23-3)9-27-13)17(11)18-12(22-2)6-8-14-20(18)26-16(24-4)10-28-14/h5-8,15-16H,9-10H2,1-4H3. The minimum Gasteiger partial charge on any atom is -0.496 e. The Kier molecular flexibility index (Phi) is 5.82. The van der Waals surface area contributed by atoms with Crippen LogP contribution < -0.4 is 18.9 Å². The van der Waals surface area contributed by atoms with Gasteiger partial charge in [-0.15, -0.1) is 23.5 Å². The highest BCUT2D eigenvalue weighted by molar-refractivity contribution is 7.99. The Morgan fingerprint density at radius 1 is 0.714 bits per heavy atom. The molecule has 28 heavy (non-hydrogen) atoms. The van der Waals surface area contributed by atoms with Crippen molar-refractivity contribution < 1.29 is 28.4 Å². The molecule has 2 atom stereocenters. The Bertz CT molecular complexity index is 801. The van der Waals surface area contributed by atoms with E-state index < -0.39 is 0 Å². The van der Waals surface area contributed by atoms with E-state index in [-0.39, 0.29) is 12.6 Å². The molecule has 2 aromatic rings. The molecule has 0 fully saturated rings. The Morgan fingerprint density at radius 2 is 1.14 bits per heavy atom. The maximum Gasteiger partial charge on any atom is 0.209 e. The van der Waals surface area contributed by atoms with Gasteiger partial charge in [0.2, 0.25) is 12.6 Å². The number of thioether (sulfide) groups is 2. The average molecular weight is 423 g/mol. The zero-order valence-electron chi connectivity index (χ0n) is 16.1. The van der Waals surface area contributed by atoms with Gasteiger partial charge in [-0.25, -0.2) is 0 Å². The molecule has 6 nitrogen and oxygen atoms in total. The van der Waals surface area contributed by atoms with Gasteiger partial charge in [-0.1, -0.05) is 0 Å². The molecule has 2 aliphatic rings. The first-order chi connectivity index (χ1) is 13.7. The molecule has 0 saturated carbocycles. The van der Waals surface area contributed by atoms with Crippen molar-refractivity contribution >= 4 is 23.5 Å². The second-order valence-corrected chi connectivity index (χ2v) is 8.25. The number of hydrogen-bond acceptors (Lipinski definition) is 8. The van der Waals surface area contributed by atoms with Crippen LogP contribution in [0.25, 0.3) is 11.1 Å². The summed E-state index contributed by atoms with van der Waals surface area (Å²) in [6.45, 7) is 0. The lowest BCUT2D eigenvalue weighted by Crippen LogP contribution is -2.26. The zero-order chi connectivity index (χ0) is 19.7. The van der Waals surface area contributed by atoms with Gasteiger partial charge in [0.15, 0.2) is 0 Å². The lowest BCUT2D eigenvalue weighted by molar-refractivity contribution is -0.0398. The van der Waals surface area contributed by atoms with E-state index in [2.05, 4.69) is 0 Å². The first kappa shape index (κ1) is 19.6. The van der Waals surface area contributed by atoms with Gasteiger partial charge >= 0.3 is 0 Å². The molecule has 2 aliphatic heterocycles. The van der Waals surface area contributed by atoms with Gasteiger partial charge in [0.1, 0.15) is 23.0 Å². The molecule has 0 bridgehead atoms. The van der Waals surface area contributed by atoms with Gasteiger partial charge in [-0.05, 0) is 24.3 Å². The third-order valence-electron chi connectivity index (χ3n) is 4.63. The highest BCUT2D eigenvalue weighted by Gasteiger charge is 2.32. The first-order valence-electron chi connectivity index (χ1n) is 8.77. The van der Waals surface area contributed by atoms with Crippen LogP contribution >= 0.6 is 23.5 Å². The fourth-order valence-electron chi connectivity index (χ4n) is 3.24. The molecule has 0 saturated heterocycles. The van der Waals surface area contributed by atoms with E-state index in [0.29, 0.717) is 23.0 Å². The second kappa shape index (κ2) is 8.32. The molecular weight excluding hydrogens is 400 g/mol. The van der Waals surface area contributed by atoms with Crippen LogP contribution in [0.1, 0.15) is 0 Å². The molecule has 0 amide bonds. The molecular formula is C20H22O6S2. The van der Waals surface area contributed by atoms with Crippen molar-refractivity contribution in [2.24, 2.45) is 0 Å². The summed E-state index contributed by atoms with van der Waals surface area (Å²) in [7, 11) is 6.57. The van der Waals surface area contributed by atoms with Crippen LogP contribution in [0.4, 0.5) is 0 Å². The molecule has 0 N–H and O–H groups in total. The van der Waals surface area contributed by atoms with E-state index in [9.17, 15) is 0 Å². The van der Waals surface area contributed by atoms with Crippen molar-refractivity contribution in [3.63, 3.8) is 0 Å². The van der Waals surface area contributed by atoms with Gasteiger partial charge in [0.05, 0.1) is 46.6 Å². The topological polar surface area (TPSA) is 55.4 Å². The predicted octanol–water partition coefficient (Wildman–Crippen LogP) is 4.28. The average Bonchev–Trinajstić information content (AvgIpc) is 2.76. The van der Waals surface area contributed by atoms with Crippen molar-refractivity contribution in [3.05, 3.63) is 24.3 Å². The largest absolute Gasteiger partial charge is 0.496 e. The lowest BCUT2D eigenvalue weighted by Gasteiger charge is -2.30. The second-order valence-electron chi connectivity index (χ2n) is 6.13. The van der Waals surface area contributed by atoms with Crippen molar-refractivity contribution in [1.29, 1.82) is 0 Å². The highest BCUT2D eigenvalue weighted by atomic mass is 32.2. The molecule has 2 heterocycles. The molecule has 0 spiro atoms. The summed E-state index contributed by atoms with van der Waals surface area (Å²) in [4.78, 5) is 2.05. The van der Waals surface area contributed by atoms with Gasteiger partial charge in [-0.3, -0.25) is 0 Å². The summed E-state index contributed by atoms with van der Waals surface area (Å²) in [6.07, 6.45) is -0.674. The number of benzene rings is 2. The highest BCUT2D eigenvalue weighted by Crippen LogP contribution is 2.55. The normalized spacial score (nSPS) is 20.4. The zero-order valence-corrected chi connectivity index (χ0v) is 17.8. The van der Waals surface area contributed by atoms with Crippen LogP contribution in [-0.2, 0) is 9.47 Å². The quantitative estimate of drug-likeness (QED) is 0.708. The van der Waals surface area contributed by atoms with Crippen LogP contribution in [0.5, 0.6) is 23.0 Å². The first-order valence-corrected chi connectivity index (χ1v) is 10.7. The minimum absolute atomic E-state index is 0.337. The lowest BCUT2D eigenvalue weighted by atomic mass is 10.0. The van der Waals surface area contributed by atoms with E-state index in [1.165, 1.54) is 0 Å². The molecule has 2 unspecified atom stereocenters. The number of rotatable bonds is 5. The number of methoxy groups -OCH3 is 4. The summed E-state index contributed by atoms with van der Waals surface area (Å²) < 4.78 is 34.7. The van der Waals surface area contributed by atoms with E-state index in [1.807, 2.05) is 24.3 Å². The SMILES string of the molecule is COc1ccc2c(c1-c1c(OC)ccc3c1OC(OC)CS3)OC(OC)CS2. The Labute approximate surface area is 172 Å². The predicted molar refractivity (Wildman–Crippen MR) is 109 cm³/mol. The van der Waals surface area contributed by atoms with Crippen LogP contribution in [0.3, 0.4) is 0 Å². The molecule has 8 heteroatoms. The van der Waals surface area contributed by atoms with E-state index in [1.54, 1.807) is 52.0 Å². The van der Waals surface area contributed by atoms with E-state index in [0.717, 1.165) is 32.4 Å². The summed E-state index contributed by atoms with van der Waals surface area (Å²) in [5.74, 6) is 4.21. The maximum absolute atomic E-state index is 6.18. The van der Waals surface area contributed by atoms with Crippen LogP contribution in [0.15, 0.2) is 34.1 Å². The van der Waals surface area contributed by atoms with Crippen LogP contribution in [0.2, 0.25) is 0 Å². The Hall–Kier alpha value is -1.74. The van der Waals surface area contributed by atoms with E-state index in [4.69, 9.17) is 28.4 Å². The Morgan fingerprint density at radius 3 is 1.50 bits per heavy atom. The van der Waals surface area contributed by atoms with Crippen molar-refractivity contribution in [3.8, 4) is 34.1 Å². The van der Waals surface area contributed by atoms with Gasteiger partial charge in [-0.2, -0.15) is 0 Å². The molecule has 4 rings (SSSR count). The summed E-state index contributed by atoms with van der Waals surface area (Å²) in [5.41, 5.74) is 1.58. The molecule has 0 aliphatic carbocycles. The van der Waals surface area contributed by atoms with E-state index >= 15 is 0 Å². The molecule has 150 valence electrons. The van der Waals surface area contributed by atoms with Crippen LogP contribution in [-0.4, -0.2) is 52.5 Å². The summed E-state index contributed by atoms with van der Waals surface area (Å²) in [5, 5.41) is 0. The monoisotopic (exact) mass is 422 g/mol. The molecule has 2 aromatic carbocycles. The van der Waals surface area contributed by atoms with Crippen LogP contribution in [0, 0.1) is 0 Å². The smallest absolute Gasteiger partial charge is 0.209 e. The van der Waals surface area contributed by atoms with Gasteiger partial charge < -0.3 is 28.4 Å². The number of ether oxygens (including phenoxy) is 6. The fraction of sp³-hybridized carbons (Fsp3) is 0.400. The van der Waals surface area contributed by atoms with Crippen molar-refractivity contribution in [2.75, 3.05) is 39.9 Å². The number of hydrogen-bond donors (Lipinski definition) is 0. The minimum atomic E-state index is -0.337. The van der Waals surface area contributed by atoms with Crippen molar-refractivity contribution in [1.82, 2.24) is 0 Å². The van der Waals surface area contributed by atoms with Gasteiger partial charge in [0.25, 0.3) is 0 Å². The molecule has 0 radical (unpaired) electrons. The Balaban J connectivity index is 1.97. The fourth-order valence-corrected chi connectivity index (χ4v) is 5.18. The third kappa shape index (κ3) is 3.39. The van der Waals surface area contributed by atoms with Gasteiger partial charge in [0, 0.05) is 14.2 Å².